The fraction of sp³-hybridized carbons (Fsp3) is 0.462. The van der Waals surface area contributed by atoms with E-state index in [9.17, 15) is 4.79 Å². The molecule has 6 nitrogen and oxygen atoms in total. The van der Waals surface area contributed by atoms with Crippen LogP contribution in [-0.4, -0.2) is 42.2 Å². The van der Waals surface area contributed by atoms with Crippen molar-refractivity contribution in [1.29, 1.82) is 0 Å². The number of anilines is 1. The zero-order chi connectivity index (χ0) is 14.5. The molecule has 0 fully saturated rings. The lowest BCUT2D eigenvalue weighted by molar-refractivity contribution is -0.121. The molecule has 0 aromatic carbocycles. The lowest BCUT2D eigenvalue weighted by Gasteiger charge is -2.14. The van der Waals surface area contributed by atoms with E-state index in [0.717, 1.165) is 15.8 Å². The Morgan fingerprint density at radius 1 is 1.50 bits per heavy atom. The third-order valence-corrected chi connectivity index (χ3v) is 3.98. The minimum atomic E-state index is -0.368. The topological polar surface area (TPSA) is 76.1 Å². The van der Waals surface area contributed by atoms with Crippen LogP contribution in [0, 0.1) is 6.92 Å². The van der Waals surface area contributed by atoms with Crippen molar-refractivity contribution in [2.24, 2.45) is 0 Å². The largest absolute Gasteiger partial charge is 0.383 e. The van der Waals surface area contributed by atoms with Gasteiger partial charge in [-0.05, 0) is 24.8 Å². The fourth-order valence-electron chi connectivity index (χ4n) is 1.77. The van der Waals surface area contributed by atoms with E-state index in [2.05, 4.69) is 20.6 Å². The van der Waals surface area contributed by atoms with Gasteiger partial charge in [-0.2, -0.15) is 0 Å². The summed E-state index contributed by atoms with van der Waals surface area (Å²) >= 11 is 1.58. The Labute approximate surface area is 121 Å². The van der Waals surface area contributed by atoms with Crippen LogP contribution >= 0.6 is 11.3 Å². The SMILES string of the molecule is COCCNC(=O)C(C)Nc1ncnc2c(C)csc12. The third-order valence-electron chi connectivity index (χ3n) is 2.88. The molecule has 2 rings (SSSR count). The Kier molecular flexibility index (Phi) is 4.86. The van der Waals surface area contributed by atoms with Gasteiger partial charge in [0.2, 0.25) is 5.91 Å². The van der Waals surface area contributed by atoms with E-state index in [0.29, 0.717) is 19.0 Å². The van der Waals surface area contributed by atoms with Crippen LogP contribution in [0.25, 0.3) is 10.2 Å². The van der Waals surface area contributed by atoms with E-state index in [1.807, 2.05) is 12.3 Å². The molecule has 0 spiro atoms. The van der Waals surface area contributed by atoms with Gasteiger partial charge in [0.15, 0.2) is 0 Å². The monoisotopic (exact) mass is 294 g/mol. The zero-order valence-electron chi connectivity index (χ0n) is 11.8. The quantitative estimate of drug-likeness (QED) is 0.791. The van der Waals surface area contributed by atoms with Gasteiger partial charge in [-0.1, -0.05) is 0 Å². The number of amides is 1. The lowest BCUT2D eigenvalue weighted by Crippen LogP contribution is -2.39. The molecule has 1 unspecified atom stereocenters. The highest BCUT2D eigenvalue weighted by atomic mass is 32.1. The summed E-state index contributed by atoms with van der Waals surface area (Å²) in [5.41, 5.74) is 2.05. The van der Waals surface area contributed by atoms with Gasteiger partial charge in [-0.3, -0.25) is 4.79 Å². The smallest absolute Gasteiger partial charge is 0.242 e. The first-order valence-corrected chi connectivity index (χ1v) is 7.23. The normalized spacial score (nSPS) is 12.3. The summed E-state index contributed by atoms with van der Waals surface area (Å²) < 4.78 is 5.87. The molecule has 2 N–H and O–H groups in total. The number of carbonyl (C=O) groups excluding carboxylic acids is 1. The van der Waals surface area contributed by atoms with E-state index >= 15 is 0 Å². The molecule has 2 aromatic rings. The van der Waals surface area contributed by atoms with E-state index < -0.39 is 0 Å². The highest BCUT2D eigenvalue weighted by molar-refractivity contribution is 7.18. The van der Waals surface area contributed by atoms with Crippen LogP contribution in [0.5, 0.6) is 0 Å². The van der Waals surface area contributed by atoms with Crippen LogP contribution in [-0.2, 0) is 9.53 Å². The van der Waals surface area contributed by atoms with Crippen molar-refractivity contribution in [1.82, 2.24) is 15.3 Å². The number of hydrogen-bond acceptors (Lipinski definition) is 6. The van der Waals surface area contributed by atoms with Gasteiger partial charge in [0, 0.05) is 13.7 Å². The summed E-state index contributed by atoms with van der Waals surface area (Å²) in [6, 6.07) is -0.368. The minimum absolute atomic E-state index is 0.0814. The van der Waals surface area contributed by atoms with E-state index in [1.165, 1.54) is 6.33 Å². The molecule has 0 aliphatic carbocycles. The Morgan fingerprint density at radius 3 is 3.05 bits per heavy atom. The van der Waals surface area contributed by atoms with Gasteiger partial charge in [0.05, 0.1) is 16.8 Å². The Balaban J connectivity index is 2.06. The summed E-state index contributed by atoms with van der Waals surface area (Å²) in [5.74, 6) is 0.615. The number of ether oxygens (including phenoxy) is 1. The number of rotatable bonds is 6. The molecule has 0 saturated carbocycles. The summed E-state index contributed by atoms with van der Waals surface area (Å²) in [6.45, 7) is 4.81. The molecule has 1 amide bonds. The van der Waals surface area contributed by atoms with Crippen LogP contribution in [0.1, 0.15) is 12.5 Å². The number of thiophene rings is 1. The molecule has 2 heterocycles. The van der Waals surface area contributed by atoms with E-state index in [-0.39, 0.29) is 11.9 Å². The predicted octanol–water partition coefficient (Wildman–Crippen LogP) is 1.56. The molecule has 7 heteroatoms. The van der Waals surface area contributed by atoms with Crippen molar-refractivity contribution in [2.45, 2.75) is 19.9 Å². The molecule has 2 aromatic heterocycles. The first-order valence-electron chi connectivity index (χ1n) is 6.35. The van der Waals surface area contributed by atoms with Gasteiger partial charge in [-0.25, -0.2) is 9.97 Å². The van der Waals surface area contributed by atoms with Crippen LogP contribution in [0.2, 0.25) is 0 Å². The number of aromatic nitrogens is 2. The number of nitrogens with zero attached hydrogens (tertiary/aromatic N) is 2. The molecule has 0 radical (unpaired) electrons. The molecule has 1 atom stereocenters. The Bertz CT molecular complexity index is 599. The second-order valence-electron chi connectivity index (χ2n) is 4.47. The average molecular weight is 294 g/mol. The first-order chi connectivity index (χ1) is 9.63. The zero-order valence-corrected chi connectivity index (χ0v) is 12.6. The van der Waals surface area contributed by atoms with E-state index in [1.54, 1.807) is 25.4 Å². The first kappa shape index (κ1) is 14.7. The fourth-order valence-corrected chi connectivity index (χ4v) is 2.73. The molecule has 0 saturated heterocycles. The molecule has 0 aliphatic heterocycles. The van der Waals surface area contributed by atoms with Crippen LogP contribution < -0.4 is 10.6 Å². The van der Waals surface area contributed by atoms with Crippen molar-refractivity contribution in [2.75, 3.05) is 25.6 Å². The Hall–Kier alpha value is -1.73. The predicted molar refractivity (Wildman–Crippen MR) is 80.1 cm³/mol. The molecule has 0 aliphatic rings. The van der Waals surface area contributed by atoms with Crippen LogP contribution in [0.3, 0.4) is 0 Å². The summed E-state index contributed by atoms with van der Waals surface area (Å²) in [5, 5.41) is 7.96. The van der Waals surface area contributed by atoms with Crippen molar-refractivity contribution in [3.05, 3.63) is 17.3 Å². The number of nitrogens with one attached hydrogen (secondary N) is 2. The molecular weight excluding hydrogens is 276 g/mol. The highest BCUT2D eigenvalue weighted by Crippen LogP contribution is 2.28. The van der Waals surface area contributed by atoms with Gasteiger partial charge in [0.1, 0.15) is 18.2 Å². The van der Waals surface area contributed by atoms with Gasteiger partial charge < -0.3 is 15.4 Å². The maximum absolute atomic E-state index is 11.9. The standard InChI is InChI=1S/C13H18N4O2S/c1-8-6-20-11-10(8)15-7-16-12(11)17-9(2)13(18)14-4-5-19-3/h6-7,9H,4-5H2,1-3H3,(H,14,18)(H,15,16,17). The Morgan fingerprint density at radius 2 is 2.30 bits per heavy atom. The van der Waals surface area contributed by atoms with Gasteiger partial charge in [-0.15, -0.1) is 11.3 Å². The average Bonchev–Trinajstić information content (AvgIpc) is 2.82. The van der Waals surface area contributed by atoms with Crippen molar-refractivity contribution >= 4 is 33.3 Å². The summed E-state index contributed by atoms with van der Waals surface area (Å²) in [7, 11) is 1.60. The van der Waals surface area contributed by atoms with Crippen molar-refractivity contribution in [3.8, 4) is 0 Å². The summed E-state index contributed by atoms with van der Waals surface area (Å²) in [6.07, 6.45) is 1.51. The van der Waals surface area contributed by atoms with Crippen molar-refractivity contribution < 1.29 is 9.53 Å². The third kappa shape index (κ3) is 3.23. The lowest BCUT2D eigenvalue weighted by atomic mass is 10.3. The maximum Gasteiger partial charge on any atom is 0.242 e. The molecule has 20 heavy (non-hydrogen) atoms. The maximum atomic E-state index is 11.9. The number of aryl methyl sites for hydroxylation is 1. The second kappa shape index (κ2) is 6.62. The second-order valence-corrected chi connectivity index (χ2v) is 5.35. The number of methoxy groups -OCH3 is 1. The highest BCUT2D eigenvalue weighted by Gasteiger charge is 2.15. The summed E-state index contributed by atoms with van der Waals surface area (Å²) in [4.78, 5) is 20.4. The van der Waals surface area contributed by atoms with Crippen LogP contribution in [0.4, 0.5) is 5.82 Å². The minimum Gasteiger partial charge on any atom is -0.383 e. The number of hydrogen-bond donors (Lipinski definition) is 2. The molecule has 0 bridgehead atoms. The molecular formula is C13H18N4O2S. The molecule has 108 valence electrons. The van der Waals surface area contributed by atoms with E-state index in [4.69, 9.17) is 4.74 Å². The number of carbonyl (C=O) groups is 1. The van der Waals surface area contributed by atoms with Gasteiger partial charge >= 0.3 is 0 Å². The van der Waals surface area contributed by atoms with Gasteiger partial charge in [0.25, 0.3) is 0 Å². The van der Waals surface area contributed by atoms with Crippen LogP contribution in [0.15, 0.2) is 11.7 Å². The van der Waals surface area contributed by atoms with Crippen molar-refractivity contribution in [3.63, 3.8) is 0 Å². The number of fused-ring (bicyclic) bond motifs is 1.